The molecule has 4 nitrogen and oxygen atoms in total. The van der Waals surface area contributed by atoms with Crippen molar-refractivity contribution < 1.29 is 9.18 Å². The first kappa shape index (κ1) is 16.1. The van der Waals surface area contributed by atoms with Gasteiger partial charge in [-0.15, -0.1) is 0 Å². The van der Waals surface area contributed by atoms with Crippen LogP contribution in [0.2, 0.25) is 0 Å². The monoisotopic (exact) mass is 385 g/mol. The van der Waals surface area contributed by atoms with Crippen molar-refractivity contribution in [2.45, 2.75) is 0 Å². The molecule has 0 saturated heterocycles. The molecule has 0 aliphatic heterocycles. The number of benzene rings is 2. The molecule has 1 aromatic heterocycles. The summed E-state index contributed by atoms with van der Waals surface area (Å²) >= 11 is 3.45. The number of rotatable bonds is 4. The summed E-state index contributed by atoms with van der Waals surface area (Å²) in [6.45, 7) is 0. The van der Waals surface area contributed by atoms with Gasteiger partial charge >= 0.3 is 0 Å². The molecule has 3 aromatic rings. The van der Waals surface area contributed by atoms with Gasteiger partial charge in [0, 0.05) is 21.9 Å². The molecule has 0 aliphatic rings. The second-order valence-electron chi connectivity index (χ2n) is 5.00. The number of anilines is 3. The van der Waals surface area contributed by atoms with Gasteiger partial charge < -0.3 is 10.6 Å². The predicted molar refractivity (Wildman–Crippen MR) is 96.0 cm³/mol. The fourth-order valence-electron chi connectivity index (χ4n) is 2.08. The SMILES string of the molecule is O=C(Nc1ccc(F)cc1)c1ccnc(Nc2ccccc2Br)c1. The van der Waals surface area contributed by atoms with Crippen molar-refractivity contribution in [3.05, 3.63) is 82.7 Å². The van der Waals surface area contributed by atoms with Gasteiger partial charge in [0.2, 0.25) is 0 Å². The highest BCUT2D eigenvalue weighted by atomic mass is 79.9. The zero-order chi connectivity index (χ0) is 16.9. The number of nitrogens with zero attached hydrogens (tertiary/aromatic N) is 1. The van der Waals surface area contributed by atoms with Crippen molar-refractivity contribution in [2.24, 2.45) is 0 Å². The fourth-order valence-corrected chi connectivity index (χ4v) is 2.46. The van der Waals surface area contributed by atoms with Crippen LogP contribution in [0.1, 0.15) is 10.4 Å². The lowest BCUT2D eigenvalue weighted by atomic mass is 10.2. The minimum absolute atomic E-state index is 0.292. The Hall–Kier alpha value is -2.73. The van der Waals surface area contributed by atoms with Crippen LogP contribution in [0.5, 0.6) is 0 Å². The molecule has 0 fully saturated rings. The lowest BCUT2D eigenvalue weighted by molar-refractivity contribution is 0.102. The average Bonchev–Trinajstić information content (AvgIpc) is 2.59. The van der Waals surface area contributed by atoms with Gasteiger partial charge in [0.25, 0.3) is 5.91 Å². The van der Waals surface area contributed by atoms with Crippen molar-refractivity contribution in [2.75, 3.05) is 10.6 Å². The molecular weight excluding hydrogens is 373 g/mol. The van der Waals surface area contributed by atoms with Crippen molar-refractivity contribution in [1.82, 2.24) is 4.98 Å². The van der Waals surface area contributed by atoms with Crippen LogP contribution >= 0.6 is 15.9 Å². The third-order valence-corrected chi connectivity index (χ3v) is 3.95. The molecule has 0 radical (unpaired) electrons. The molecule has 120 valence electrons. The van der Waals surface area contributed by atoms with Gasteiger partial charge in [-0.25, -0.2) is 9.37 Å². The molecule has 2 aromatic carbocycles. The summed E-state index contributed by atoms with van der Waals surface area (Å²) in [5.41, 5.74) is 1.82. The lowest BCUT2D eigenvalue weighted by Crippen LogP contribution is -2.12. The van der Waals surface area contributed by atoms with E-state index in [-0.39, 0.29) is 11.7 Å². The molecule has 0 bridgehead atoms. The number of pyridine rings is 1. The Kier molecular flexibility index (Phi) is 4.86. The quantitative estimate of drug-likeness (QED) is 0.665. The Bertz CT molecular complexity index is 868. The van der Waals surface area contributed by atoms with Gasteiger partial charge in [0.1, 0.15) is 11.6 Å². The van der Waals surface area contributed by atoms with Gasteiger partial charge in [-0.05, 0) is 64.5 Å². The van der Waals surface area contributed by atoms with Crippen LogP contribution in [-0.4, -0.2) is 10.9 Å². The fraction of sp³-hybridized carbons (Fsp3) is 0. The number of aromatic nitrogens is 1. The average molecular weight is 386 g/mol. The predicted octanol–water partition coefficient (Wildman–Crippen LogP) is 4.98. The van der Waals surface area contributed by atoms with Gasteiger partial charge in [-0.1, -0.05) is 12.1 Å². The second-order valence-corrected chi connectivity index (χ2v) is 5.85. The Labute approximate surface area is 146 Å². The zero-order valence-electron chi connectivity index (χ0n) is 12.5. The Morgan fingerprint density at radius 1 is 1.04 bits per heavy atom. The zero-order valence-corrected chi connectivity index (χ0v) is 14.0. The summed E-state index contributed by atoms with van der Waals surface area (Å²) in [6.07, 6.45) is 1.55. The van der Waals surface area contributed by atoms with Crippen LogP contribution < -0.4 is 10.6 Å². The van der Waals surface area contributed by atoms with E-state index in [1.807, 2.05) is 24.3 Å². The van der Waals surface area contributed by atoms with Crippen LogP contribution in [0.15, 0.2) is 71.3 Å². The molecule has 1 heterocycles. The molecular formula is C18H13BrFN3O. The number of halogens is 2. The van der Waals surface area contributed by atoms with Crippen LogP contribution in [0.4, 0.5) is 21.6 Å². The maximum atomic E-state index is 12.9. The molecule has 0 aliphatic carbocycles. The Morgan fingerprint density at radius 3 is 2.54 bits per heavy atom. The number of carbonyl (C=O) groups excluding carboxylic acids is 1. The Balaban J connectivity index is 1.76. The van der Waals surface area contributed by atoms with Gasteiger partial charge in [0.05, 0.1) is 5.69 Å². The molecule has 1 amide bonds. The summed E-state index contributed by atoms with van der Waals surface area (Å²) in [5, 5.41) is 5.87. The molecule has 24 heavy (non-hydrogen) atoms. The number of hydrogen-bond donors (Lipinski definition) is 2. The summed E-state index contributed by atoms with van der Waals surface area (Å²) in [6, 6.07) is 16.5. The number of hydrogen-bond acceptors (Lipinski definition) is 3. The van der Waals surface area contributed by atoms with Crippen LogP contribution in [0.25, 0.3) is 0 Å². The summed E-state index contributed by atoms with van der Waals surface area (Å²) < 4.78 is 13.8. The number of carbonyl (C=O) groups is 1. The maximum absolute atomic E-state index is 12.9. The standard InChI is InChI=1S/C18H13BrFN3O/c19-15-3-1-2-4-16(15)23-17-11-12(9-10-21-17)18(24)22-14-7-5-13(20)6-8-14/h1-11H,(H,21,23)(H,22,24). The molecule has 0 unspecified atom stereocenters. The third kappa shape index (κ3) is 3.97. The van der Waals surface area contributed by atoms with E-state index < -0.39 is 0 Å². The van der Waals surface area contributed by atoms with Crippen LogP contribution in [0, 0.1) is 5.82 Å². The normalized spacial score (nSPS) is 10.2. The van der Waals surface area contributed by atoms with Crippen LogP contribution in [-0.2, 0) is 0 Å². The second kappa shape index (κ2) is 7.23. The number of nitrogens with one attached hydrogen (secondary N) is 2. The van der Waals surface area contributed by atoms with E-state index >= 15 is 0 Å². The van der Waals surface area contributed by atoms with E-state index in [9.17, 15) is 9.18 Å². The first-order chi connectivity index (χ1) is 11.6. The summed E-state index contributed by atoms with van der Waals surface area (Å²) in [7, 11) is 0. The number of para-hydroxylation sites is 1. The third-order valence-electron chi connectivity index (χ3n) is 3.26. The largest absolute Gasteiger partial charge is 0.339 e. The number of amides is 1. The molecule has 0 atom stereocenters. The van der Waals surface area contributed by atoms with E-state index in [2.05, 4.69) is 31.5 Å². The Morgan fingerprint density at radius 2 is 1.79 bits per heavy atom. The minimum Gasteiger partial charge on any atom is -0.339 e. The smallest absolute Gasteiger partial charge is 0.255 e. The maximum Gasteiger partial charge on any atom is 0.255 e. The van der Waals surface area contributed by atoms with E-state index in [1.54, 1.807) is 18.3 Å². The van der Waals surface area contributed by atoms with Crippen molar-refractivity contribution >= 4 is 39.0 Å². The van der Waals surface area contributed by atoms with E-state index in [0.717, 1.165) is 10.2 Å². The van der Waals surface area contributed by atoms with Crippen molar-refractivity contribution in [3.8, 4) is 0 Å². The van der Waals surface area contributed by atoms with E-state index in [0.29, 0.717) is 17.1 Å². The molecule has 0 spiro atoms. The van der Waals surface area contributed by atoms with E-state index in [4.69, 9.17) is 0 Å². The van der Waals surface area contributed by atoms with Gasteiger partial charge in [-0.2, -0.15) is 0 Å². The first-order valence-corrected chi connectivity index (χ1v) is 7.95. The molecule has 0 saturated carbocycles. The summed E-state index contributed by atoms with van der Waals surface area (Å²) in [5.74, 6) is -0.0929. The topological polar surface area (TPSA) is 54.0 Å². The molecule has 6 heteroatoms. The van der Waals surface area contributed by atoms with Crippen LogP contribution in [0.3, 0.4) is 0 Å². The highest BCUT2D eigenvalue weighted by Crippen LogP contribution is 2.24. The van der Waals surface area contributed by atoms with Gasteiger partial charge in [0.15, 0.2) is 0 Å². The first-order valence-electron chi connectivity index (χ1n) is 7.16. The summed E-state index contributed by atoms with van der Waals surface area (Å²) in [4.78, 5) is 16.5. The highest BCUT2D eigenvalue weighted by Gasteiger charge is 2.08. The van der Waals surface area contributed by atoms with Crippen molar-refractivity contribution in [1.29, 1.82) is 0 Å². The molecule has 2 N–H and O–H groups in total. The lowest BCUT2D eigenvalue weighted by Gasteiger charge is -2.09. The molecule has 3 rings (SSSR count). The van der Waals surface area contributed by atoms with Crippen molar-refractivity contribution in [3.63, 3.8) is 0 Å². The van der Waals surface area contributed by atoms with Gasteiger partial charge in [-0.3, -0.25) is 4.79 Å². The highest BCUT2D eigenvalue weighted by molar-refractivity contribution is 9.10. The minimum atomic E-state index is -0.350. The van der Waals surface area contributed by atoms with E-state index in [1.165, 1.54) is 24.3 Å².